The van der Waals surface area contributed by atoms with Gasteiger partial charge in [-0.1, -0.05) is 13.3 Å². The van der Waals surface area contributed by atoms with Gasteiger partial charge in [-0.25, -0.2) is 0 Å². The number of aliphatic hydroxyl groups is 1. The van der Waals surface area contributed by atoms with E-state index in [0.29, 0.717) is 19.6 Å². The van der Waals surface area contributed by atoms with Crippen molar-refractivity contribution in [2.24, 2.45) is 0 Å². The lowest BCUT2D eigenvalue weighted by Gasteiger charge is -2.11. The minimum atomic E-state index is -0.426. The predicted molar refractivity (Wildman–Crippen MR) is 59.6 cm³/mol. The molecule has 1 unspecified atom stereocenters. The molecule has 2 N–H and O–H groups in total. The van der Waals surface area contributed by atoms with Crippen LogP contribution in [0.1, 0.15) is 40.0 Å². The average Bonchev–Trinajstić information content (AvgIpc) is 2.14. The number of hydrogen-bond acceptors (Lipinski definition) is 3. The minimum absolute atomic E-state index is 0.0641. The Morgan fingerprint density at radius 3 is 2.67 bits per heavy atom. The molecule has 0 aliphatic heterocycles. The molecule has 4 nitrogen and oxygen atoms in total. The van der Waals surface area contributed by atoms with E-state index >= 15 is 0 Å². The summed E-state index contributed by atoms with van der Waals surface area (Å²) in [5.41, 5.74) is 0. The molecule has 0 bridgehead atoms. The molecule has 90 valence electrons. The van der Waals surface area contributed by atoms with Crippen molar-refractivity contribution in [3.63, 3.8) is 0 Å². The molecule has 1 atom stereocenters. The number of ether oxygens (including phenoxy) is 1. The van der Waals surface area contributed by atoms with Crippen molar-refractivity contribution in [2.75, 3.05) is 13.2 Å². The Bertz CT molecular complexity index is 171. The maximum atomic E-state index is 11.2. The van der Waals surface area contributed by atoms with Gasteiger partial charge in [-0.05, 0) is 20.3 Å². The Morgan fingerprint density at radius 2 is 2.13 bits per heavy atom. The van der Waals surface area contributed by atoms with Crippen LogP contribution >= 0.6 is 0 Å². The number of carbonyl (C=O) groups excluding carboxylic acids is 1. The molecule has 0 radical (unpaired) electrons. The van der Waals surface area contributed by atoms with Crippen molar-refractivity contribution in [1.82, 2.24) is 5.32 Å². The third-order valence-corrected chi connectivity index (χ3v) is 1.94. The lowest BCUT2D eigenvalue weighted by Crippen LogP contribution is -2.32. The van der Waals surface area contributed by atoms with Gasteiger partial charge in [0.05, 0.1) is 18.8 Å². The monoisotopic (exact) mass is 217 g/mol. The molecule has 0 aromatic heterocycles. The minimum Gasteiger partial charge on any atom is -0.391 e. The number of hydrogen-bond donors (Lipinski definition) is 2. The van der Waals surface area contributed by atoms with Gasteiger partial charge in [0.25, 0.3) is 0 Å². The largest absolute Gasteiger partial charge is 0.391 e. The molecule has 0 fully saturated rings. The third-order valence-electron chi connectivity index (χ3n) is 1.94. The van der Waals surface area contributed by atoms with Crippen molar-refractivity contribution >= 4 is 5.91 Å². The molecule has 0 aliphatic carbocycles. The van der Waals surface area contributed by atoms with Gasteiger partial charge in [0.15, 0.2) is 0 Å². The van der Waals surface area contributed by atoms with Crippen LogP contribution in [0.2, 0.25) is 0 Å². The summed E-state index contributed by atoms with van der Waals surface area (Å²) < 4.78 is 5.24. The molecule has 0 aromatic carbocycles. The van der Waals surface area contributed by atoms with Gasteiger partial charge in [-0.2, -0.15) is 0 Å². The third kappa shape index (κ3) is 9.69. The zero-order valence-corrected chi connectivity index (χ0v) is 9.95. The molecular weight excluding hydrogens is 194 g/mol. The molecule has 0 saturated heterocycles. The normalized spacial score (nSPS) is 12.9. The summed E-state index contributed by atoms with van der Waals surface area (Å²) in [6, 6.07) is 0. The summed E-state index contributed by atoms with van der Waals surface area (Å²) in [6.07, 6.45) is 1.74. The first-order chi connectivity index (χ1) is 7.06. The molecule has 15 heavy (non-hydrogen) atoms. The second-order valence-corrected chi connectivity index (χ2v) is 3.92. The van der Waals surface area contributed by atoms with Gasteiger partial charge < -0.3 is 15.2 Å². The van der Waals surface area contributed by atoms with Gasteiger partial charge in [-0.3, -0.25) is 4.79 Å². The SMILES string of the molecule is CCCC(O)CNC(=O)CCOC(C)C. The molecule has 0 aliphatic rings. The number of aliphatic hydroxyl groups excluding tert-OH is 1. The lowest BCUT2D eigenvalue weighted by molar-refractivity contribution is -0.122. The van der Waals surface area contributed by atoms with Crippen molar-refractivity contribution in [2.45, 2.75) is 52.2 Å². The van der Waals surface area contributed by atoms with Gasteiger partial charge >= 0.3 is 0 Å². The van der Waals surface area contributed by atoms with Gasteiger partial charge in [0, 0.05) is 13.0 Å². The van der Waals surface area contributed by atoms with Crippen molar-refractivity contribution in [3.8, 4) is 0 Å². The number of nitrogens with one attached hydrogen (secondary N) is 1. The van der Waals surface area contributed by atoms with E-state index in [1.807, 2.05) is 20.8 Å². The van der Waals surface area contributed by atoms with Crippen LogP contribution in [0.25, 0.3) is 0 Å². The average molecular weight is 217 g/mol. The maximum absolute atomic E-state index is 11.2. The van der Waals surface area contributed by atoms with Crippen LogP contribution in [0, 0.1) is 0 Å². The second kappa shape index (κ2) is 8.68. The summed E-state index contributed by atoms with van der Waals surface area (Å²) in [7, 11) is 0. The highest BCUT2D eigenvalue weighted by atomic mass is 16.5. The molecular formula is C11H23NO3. The van der Waals surface area contributed by atoms with Crippen LogP contribution in [0.4, 0.5) is 0 Å². The Morgan fingerprint density at radius 1 is 1.47 bits per heavy atom. The highest BCUT2D eigenvalue weighted by molar-refractivity contribution is 5.75. The topological polar surface area (TPSA) is 58.6 Å². The van der Waals surface area contributed by atoms with E-state index < -0.39 is 6.10 Å². The fraction of sp³-hybridized carbons (Fsp3) is 0.909. The lowest BCUT2D eigenvalue weighted by atomic mass is 10.2. The predicted octanol–water partition coefficient (Wildman–Crippen LogP) is 1.08. The fourth-order valence-electron chi connectivity index (χ4n) is 1.14. The molecule has 0 aromatic rings. The van der Waals surface area contributed by atoms with Crippen molar-refractivity contribution < 1.29 is 14.6 Å². The molecule has 4 heteroatoms. The van der Waals surface area contributed by atoms with Gasteiger partial charge in [0.1, 0.15) is 0 Å². The van der Waals surface area contributed by atoms with Crippen LogP contribution in [-0.4, -0.2) is 36.4 Å². The van der Waals surface area contributed by atoms with Gasteiger partial charge in [-0.15, -0.1) is 0 Å². The Hall–Kier alpha value is -0.610. The number of carbonyl (C=O) groups is 1. The molecule has 0 heterocycles. The summed E-state index contributed by atoms with van der Waals surface area (Å²) in [5.74, 6) is -0.0641. The smallest absolute Gasteiger partial charge is 0.222 e. The Labute approximate surface area is 92.0 Å². The molecule has 0 spiro atoms. The van der Waals surface area contributed by atoms with E-state index in [1.165, 1.54) is 0 Å². The number of rotatable bonds is 8. The number of amides is 1. The van der Waals surface area contributed by atoms with Crippen LogP contribution in [0.15, 0.2) is 0 Å². The van der Waals surface area contributed by atoms with Crippen molar-refractivity contribution in [1.29, 1.82) is 0 Å². The summed E-state index contributed by atoms with van der Waals surface area (Å²) in [4.78, 5) is 11.2. The first-order valence-electron chi connectivity index (χ1n) is 5.62. The summed E-state index contributed by atoms with van der Waals surface area (Å²) in [6.45, 7) is 6.65. The van der Waals surface area contributed by atoms with E-state index in [1.54, 1.807) is 0 Å². The quantitative estimate of drug-likeness (QED) is 0.639. The summed E-state index contributed by atoms with van der Waals surface area (Å²) >= 11 is 0. The highest BCUT2D eigenvalue weighted by Crippen LogP contribution is 1.95. The standard InChI is InChI=1S/C11H23NO3/c1-4-5-10(13)8-12-11(14)6-7-15-9(2)3/h9-10,13H,4-8H2,1-3H3,(H,12,14). The Balaban J connectivity index is 3.40. The van der Waals surface area contributed by atoms with Crippen LogP contribution < -0.4 is 5.32 Å². The maximum Gasteiger partial charge on any atom is 0.222 e. The van der Waals surface area contributed by atoms with Gasteiger partial charge in [0.2, 0.25) is 5.91 Å². The van der Waals surface area contributed by atoms with E-state index in [2.05, 4.69) is 5.32 Å². The molecule has 0 rings (SSSR count). The zero-order chi connectivity index (χ0) is 11.7. The zero-order valence-electron chi connectivity index (χ0n) is 9.95. The molecule has 0 saturated carbocycles. The van der Waals surface area contributed by atoms with E-state index in [0.717, 1.165) is 12.8 Å². The van der Waals surface area contributed by atoms with Crippen LogP contribution in [0.3, 0.4) is 0 Å². The highest BCUT2D eigenvalue weighted by Gasteiger charge is 2.06. The first-order valence-corrected chi connectivity index (χ1v) is 5.62. The van der Waals surface area contributed by atoms with E-state index in [9.17, 15) is 9.90 Å². The first kappa shape index (κ1) is 14.4. The molecule has 1 amide bonds. The fourth-order valence-corrected chi connectivity index (χ4v) is 1.14. The van der Waals surface area contributed by atoms with Crippen LogP contribution in [0.5, 0.6) is 0 Å². The van der Waals surface area contributed by atoms with E-state index in [4.69, 9.17) is 4.74 Å². The van der Waals surface area contributed by atoms with Crippen molar-refractivity contribution in [3.05, 3.63) is 0 Å². The second-order valence-electron chi connectivity index (χ2n) is 3.92. The van der Waals surface area contributed by atoms with E-state index in [-0.39, 0.29) is 12.0 Å². The Kier molecular flexibility index (Phi) is 8.33. The van der Waals surface area contributed by atoms with Crippen LogP contribution in [-0.2, 0) is 9.53 Å². The summed E-state index contributed by atoms with van der Waals surface area (Å²) in [5, 5.41) is 12.0.